The molecule has 0 bridgehead atoms. The largest absolute Gasteiger partial charge is 0.376 e. The van der Waals surface area contributed by atoms with Crippen LogP contribution >= 0.6 is 43.2 Å². The van der Waals surface area contributed by atoms with Crippen molar-refractivity contribution in [1.29, 1.82) is 0 Å². The van der Waals surface area contributed by atoms with Crippen molar-refractivity contribution >= 4 is 48.9 Å². The summed E-state index contributed by atoms with van der Waals surface area (Å²) in [6, 6.07) is 10.5. The number of thiophene rings is 1. The molecule has 1 aromatic carbocycles. The van der Waals surface area contributed by atoms with E-state index in [4.69, 9.17) is 5.73 Å². The number of hydrogen-bond acceptors (Lipinski definition) is 3. The predicted octanol–water partition coefficient (Wildman–Crippen LogP) is 4.69. The second-order valence-electron chi connectivity index (χ2n) is 4.02. The Morgan fingerprint density at radius 3 is 2.61 bits per heavy atom. The fourth-order valence-electron chi connectivity index (χ4n) is 1.70. The standard InChI is InChI=1S/C13H14Br2N2S/c1-8-4-2-3-5-10(8)17-11(7-16)12-6-9(14)13(15)18-12/h2-6,11,17H,7,16H2,1H3. The van der Waals surface area contributed by atoms with Gasteiger partial charge in [0.25, 0.3) is 0 Å². The van der Waals surface area contributed by atoms with E-state index in [1.165, 1.54) is 10.4 Å². The van der Waals surface area contributed by atoms with E-state index in [0.29, 0.717) is 6.54 Å². The van der Waals surface area contributed by atoms with Crippen molar-refractivity contribution in [3.63, 3.8) is 0 Å². The SMILES string of the molecule is Cc1ccccc1NC(CN)c1cc(Br)c(Br)s1. The third-order valence-corrected chi connectivity index (χ3v) is 6.09. The Morgan fingerprint density at radius 1 is 1.33 bits per heavy atom. The lowest BCUT2D eigenvalue weighted by atomic mass is 10.1. The molecular formula is C13H14Br2N2S. The lowest BCUT2D eigenvalue weighted by molar-refractivity contribution is 0.804. The van der Waals surface area contributed by atoms with Gasteiger partial charge >= 0.3 is 0 Å². The highest BCUT2D eigenvalue weighted by Crippen LogP contribution is 2.36. The van der Waals surface area contributed by atoms with Crippen molar-refractivity contribution in [1.82, 2.24) is 0 Å². The first-order chi connectivity index (χ1) is 8.61. The Labute approximate surface area is 128 Å². The molecule has 1 aromatic heterocycles. The summed E-state index contributed by atoms with van der Waals surface area (Å²) in [5.74, 6) is 0. The summed E-state index contributed by atoms with van der Waals surface area (Å²) in [5.41, 5.74) is 8.24. The van der Waals surface area contributed by atoms with Gasteiger partial charge in [-0.25, -0.2) is 0 Å². The Morgan fingerprint density at radius 2 is 2.06 bits per heavy atom. The molecule has 2 aromatic rings. The molecule has 96 valence electrons. The summed E-state index contributed by atoms with van der Waals surface area (Å²) in [6.07, 6.45) is 0. The number of hydrogen-bond donors (Lipinski definition) is 2. The first-order valence-electron chi connectivity index (χ1n) is 5.58. The molecule has 0 aliphatic carbocycles. The monoisotopic (exact) mass is 388 g/mol. The van der Waals surface area contributed by atoms with E-state index in [0.717, 1.165) is 13.9 Å². The number of nitrogens with two attached hydrogens (primary N) is 1. The number of benzene rings is 1. The van der Waals surface area contributed by atoms with Crippen LogP contribution in [-0.2, 0) is 0 Å². The summed E-state index contributed by atoms with van der Waals surface area (Å²) in [7, 11) is 0. The Bertz CT molecular complexity index is 520. The normalized spacial score (nSPS) is 12.4. The van der Waals surface area contributed by atoms with E-state index < -0.39 is 0 Å². The van der Waals surface area contributed by atoms with Gasteiger partial charge in [0, 0.05) is 21.6 Å². The van der Waals surface area contributed by atoms with Gasteiger partial charge in [-0.3, -0.25) is 0 Å². The van der Waals surface area contributed by atoms with Crippen molar-refractivity contribution in [3.05, 3.63) is 49.0 Å². The van der Waals surface area contributed by atoms with E-state index in [9.17, 15) is 0 Å². The van der Waals surface area contributed by atoms with Crippen LogP contribution < -0.4 is 11.1 Å². The predicted molar refractivity (Wildman–Crippen MR) is 86.3 cm³/mol. The van der Waals surface area contributed by atoms with Crippen LogP contribution in [0.25, 0.3) is 0 Å². The van der Waals surface area contributed by atoms with Crippen molar-refractivity contribution < 1.29 is 0 Å². The maximum absolute atomic E-state index is 5.88. The zero-order valence-corrected chi connectivity index (χ0v) is 13.9. The minimum atomic E-state index is 0.138. The number of nitrogens with one attached hydrogen (secondary N) is 1. The molecule has 0 aliphatic heterocycles. The molecule has 5 heteroatoms. The summed E-state index contributed by atoms with van der Waals surface area (Å²) in [4.78, 5) is 1.22. The first-order valence-corrected chi connectivity index (χ1v) is 7.99. The molecule has 2 nitrogen and oxygen atoms in total. The van der Waals surface area contributed by atoms with Crippen LogP contribution in [0.1, 0.15) is 16.5 Å². The summed E-state index contributed by atoms with van der Waals surface area (Å²) >= 11 is 8.72. The highest BCUT2D eigenvalue weighted by molar-refractivity contribution is 9.13. The van der Waals surface area contributed by atoms with E-state index in [1.54, 1.807) is 11.3 Å². The van der Waals surface area contributed by atoms with E-state index in [2.05, 4.69) is 62.3 Å². The molecule has 0 amide bonds. The van der Waals surface area contributed by atoms with Crippen LogP contribution in [0.15, 0.2) is 38.6 Å². The van der Waals surface area contributed by atoms with Gasteiger partial charge in [-0.05, 0) is 56.5 Å². The van der Waals surface area contributed by atoms with Gasteiger partial charge in [0.05, 0.1) is 9.83 Å². The lowest BCUT2D eigenvalue weighted by Crippen LogP contribution is -2.20. The minimum absolute atomic E-state index is 0.138. The quantitative estimate of drug-likeness (QED) is 0.795. The molecule has 0 fully saturated rings. The van der Waals surface area contributed by atoms with E-state index >= 15 is 0 Å². The molecule has 0 saturated heterocycles. The maximum atomic E-state index is 5.88. The lowest BCUT2D eigenvalue weighted by Gasteiger charge is -2.18. The van der Waals surface area contributed by atoms with Gasteiger partial charge in [0.1, 0.15) is 0 Å². The average molecular weight is 390 g/mol. The van der Waals surface area contributed by atoms with Gasteiger partial charge < -0.3 is 11.1 Å². The van der Waals surface area contributed by atoms with Gasteiger partial charge in [0.15, 0.2) is 0 Å². The Hall–Kier alpha value is -0.360. The Kier molecular flexibility index (Phi) is 4.84. The minimum Gasteiger partial charge on any atom is -0.376 e. The molecular weight excluding hydrogens is 376 g/mol. The molecule has 1 heterocycles. The highest BCUT2D eigenvalue weighted by atomic mass is 79.9. The fourth-order valence-corrected chi connectivity index (χ4v) is 3.86. The molecule has 0 radical (unpaired) electrons. The second-order valence-corrected chi connectivity index (χ2v) is 7.27. The summed E-state index contributed by atoms with van der Waals surface area (Å²) in [5, 5.41) is 3.50. The summed E-state index contributed by atoms with van der Waals surface area (Å²) in [6.45, 7) is 2.66. The number of para-hydroxylation sites is 1. The smallest absolute Gasteiger partial charge is 0.0844 e. The van der Waals surface area contributed by atoms with Crippen molar-refractivity contribution in [3.8, 4) is 0 Å². The van der Waals surface area contributed by atoms with Crippen LogP contribution in [0.3, 0.4) is 0 Å². The van der Waals surface area contributed by atoms with Crippen LogP contribution in [0.5, 0.6) is 0 Å². The van der Waals surface area contributed by atoms with Crippen molar-refractivity contribution in [2.45, 2.75) is 13.0 Å². The van der Waals surface area contributed by atoms with Gasteiger partial charge in [-0.15, -0.1) is 11.3 Å². The second kappa shape index (κ2) is 6.19. The zero-order chi connectivity index (χ0) is 13.1. The topological polar surface area (TPSA) is 38.0 Å². The molecule has 1 atom stereocenters. The number of halogens is 2. The molecule has 3 N–H and O–H groups in total. The fraction of sp³-hybridized carbons (Fsp3) is 0.231. The third-order valence-electron chi connectivity index (χ3n) is 2.72. The van der Waals surface area contributed by atoms with E-state index in [1.807, 2.05) is 12.1 Å². The average Bonchev–Trinajstić information content (AvgIpc) is 2.68. The third kappa shape index (κ3) is 3.15. The molecule has 18 heavy (non-hydrogen) atoms. The number of anilines is 1. The maximum Gasteiger partial charge on any atom is 0.0844 e. The molecule has 2 rings (SSSR count). The van der Waals surface area contributed by atoms with Crippen LogP contribution in [0, 0.1) is 6.92 Å². The zero-order valence-electron chi connectivity index (χ0n) is 9.91. The number of aryl methyl sites for hydroxylation is 1. The number of rotatable bonds is 4. The highest BCUT2D eigenvalue weighted by Gasteiger charge is 2.14. The van der Waals surface area contributed by atoms with Crippen LogP contribution in [0.4, 0.5) is 5.69 Å². The molecule has 0 saturated carbocycles. The van der Waals surface area contributed by atoms with Crippen LogP contribution in [-0.4, -0.2) is 6.54 Å². The van der Waals surface area contributed by atoms with Gasteiger partial charge in [-0.2, -0.15) is 0 Å². The molecule has 1 unspecified atom stereocenters. The van der Waals surface area contributed by atoms with Crippen molar-refractivity contribution in [2.75, 3.05) is 11.9 Å². The van der Waals surface area contributed by atoms with Crippen molar-refractivity contribution in [2.24, 2.45) is 5.73 Å². The summed E-state index contributed by atoms with van der Waals surface area (Å²) < 4.78 is 2.18. The Balaban J connectivity index is 2.22. The molecule has 0 spiro atoms. The van der Waals surface area contributed by atoms with Crippen LogP contribution in [0.2, 0.25) is 0 Å². The van der Waals surface area contributed by atoms with E-state index in [-0.39, 0.29) is 6.04 Å². The van der Waals surface area contributed by atoms with Gasteiger partial charge in [0.2, 0.25) is 0 Å². The molecule has 0 aliphatic rings. The van der Waals surface area contributed by atoms with Gasteiger partial charge in [-0.1, -0.05) is 18.2 Å². The first kappa shape index (κ1) is 14.1.